The Morgan fingerprint density at radius 2 is 1.75 bits per heavy atom. The standard InChI is InChI=1S/C18H18N2O3S/c1-12-6-4-9-17(10-12)24(21,22)20-16-8-5-7-15(11-16)18-19-13(2)14(3)23-18/h4-11,20H,1-3H3. The minimum atomic E-state index is -3.64. The number of aryl methyl sites for hydroxylation is 3. The Kier molecular flexibility index (Phi) is 4.15. The van der Waals surface area contributed by atoms with Crippen LogP contribution in [-0.2, 0) is 10.0 Å². The highest BCUT2D eigenvalue weighted by Gasteiger charge is 2.15. The van der Waals surface area contributed by atoms with Gasteiger partial charge in [-0.2, -0.15) is 0 Å². The van der Waals surface area contributed by atoms with Gasteiger partial charge in [0.2, 0.25) is 5.89 Å². The van der Waals surface area contributed by atoms with Crippen LogP contribution in [0.1, 0.15) is 17.0 Å². The van der Waals surface area contributed by atoms with Gasteiger partial charge in [0.05, 0.1) is 10.6 Å². The van der Waals surface area contributed by atoms with Gasteiger partial charge in [0.15, 0.2) is 0 Å². The minimum absolute atomic E-state index is 0.232. The molecule has 24 heavy (non-hydrogen) atoms. The van der Waals surface area contributed by atoms with Gasteiger partial charge in [0.1, 0.15) is 5.76 Å². The minimum Gasteiger partial charge on any atom is -0.441 e. The molecule has 0 aliphatic carbocycles. The molecule has 0 saturated carbocycles. The second-order valence-corrected chi connectivity index (χ2v) is 7.35. The number of benzene rings is 2. The van der Waals surface area contributed by atoms with E-state index < -0.39 is 10.0 Å². The lowest BCUT2D eigenvalue weighted by Crippen LogP contribution is -2.13. The first-order chi connectivity index (χ1) is 11.3. The van der Waals surface area contributed by atoms with Crippen molar-refractivity contribution in [1.29, 1.82) is 0 Å². The number of aromatic nitrogens is 1. The van der Waals surface area contributed by atoms with Gasteiger partial charge in [-0.25, -0.2) is 13.4 Å². The molecule has 0 bridgehead atoms. The maximum atomic E-state index is 12.5. The summed E-state index contributed by atoms with van der Waals surface area (Å²) in [5.74, 6) is 1.22. The number of hydrogen-bond acceptors (Lipinski definition) is 4. The highest BCUT2D eigenvalue weighted by Crippen LogP contribution is 2.25. The van der Waals surface area contributed by atoms with Crippen molar-refractivity contribution in [2.45, 2.75) is 25.7 Å². The van der Waals surface area contributed by atoms with Gasteiger partial charge < -0.3 is 4.42 Å². The summed E-state index contributed by atoms with van der Waals surface area (Å²) in [5, 5.41) is 0. The zero-order valence-electron chi connectivity index (χ0n) is 13.7. The third-order valence-corrected chi connectivity index (χ3v) is 5.07. The predicted molar refractivity (Wildman–Crippen MR) is 93.4 cm³/mol. The van der Waals surface area contributed by atoms with Crippen LogP contribution in [-0.4, -0.2) is 13.4 Å². The monoisotopic (exact) mass is 342 g/mol. The smallest absolute Gasteiger partial charge is 0.261 e. The van der Waals surface area contributed by atoms with Gasteiger partial charge in [0.25, 0.3) is 10.0 Å². The summed E-state index contributed by atoms with van der Waals surface area (Å²) < 4.78 is 33.2. The molecule has 0 atom stereocenters. The quantitative estimate of drug-likeness (QED) is 0.776. The SMILES string of the molecule is Cc1cccc(S(=O)(=O)Nc2cccc(-c3nc(C)c(C)o3)c2)c1. The van der Waals surface area contributed by atoms with Gasteiger partial charge in [0, 0.05) is 11.3 Å². The number of rotatable bonds is 4. The average molecular weight is 342 g/mol. The largest absolute Gasteiger partial charge is 0.441 e. The Hall–Kier alpha value is -2.60. The van der Waals surface area contributed by atoms with Crippen molar-refractivity contribution in [3.63, 3.8) is 0 Å². The molecule has 0 unspecified atom stereocenters. The number of hydrogen-bond donors (Lipinski definition) is 1. The summed E-state index contributed by atoms with van der Waals surface area (Å²) in [6.07, 6.45) is 0. The summed E-state index contributed by atoms with van der Waals surface area (Å²) in [4.78, 5) is 4.58. The van der Waals surface area contributed by atoms with Gasteiger partial charge in [-0.15, -0.1) is 0 Å². The van der Waals surface area contributed by atoms with Crippen LogP contribution in [0.5, 0.6) is 0 Å². The van der Waals surface area contributed by atoms with E-state index in [2.05, 4.69) is 9.71 Å². The molecule has 3 aromatic rings. The maximum absolute atomic E-state index is 12.5. The number of sulfonamides is 1. The maximum Gasteiger partial charge on any atom is 0.261 e. The van der Waals surface area contributed by atoms with E-state index in [0.717, 1.165) is 22.6 Å². The van der Waals surface area contributed by atoms with Crippen molar-refractivity contribution in [2.75, 3.05) is 4.72 Å². The van der Waals surface area contributed by atoms with Crippen molar-refractivity contribution >= 4 is 15.7 Å². The van der Waals surface area contributed by atoms with Crippen LogP contribution in [0.4, 0.5) is 5.69 Å². The molecule has 0 radical (unpaired) electrons. The first kappa shape index (κ1) is 16.3. The number of oxazole rings is 1. The zero-order valence-corrected chi connectivity index (χ0v) is 14.5. The first-order valence-corrected chi connectivity index (χ1v) is 8.97. The van der Waals surface area contributed by atoms with E-state index in [-0.39, 0.29) is 4.90 Å². The van der Waals surface area contributed by atoms with E-state index in [1.807, 2.05) is 32.9 Å². The fraction of sp³-hybridized carbons (Fsp3) is 0.167. The Morgan fingerprint density at radius 1 is 1.00 bits per heavy atom. The normalized spacial score (nSPS) is 11.5. The third kappa shape index (κ3) is 3.33. The molecule has 1 heterocycles. The molecule has 0 fully saturated rings. The molecular formula is C18H18N2O3S. The fourth-order valence-electron chi connectivity index (χ4n) is 2.31. The van der Waals surface area contributed by atoms with Gasteiger partial charge in [-0.3, -0.25) is 4.72 Å². The zero-order chi connectivity index (χ0) is 17.3. The summed E-state index contributed by atoms with van der Waals surface area (Å²) >= 11 is 0. The molecule has 2 aromatic carbocycles. The Morgan fingerprint density at radius 3 is 2.42 bits per heavy atom. The molecule has 0 saturated heterocycles. The van der Waals surface area contributed by atoms with Gasteiger partial charge in [-0.1, -0.05) is 18.2 Å². The van der Waals surface area contributed by atoms with Crippen LogP contribution in [0.2, 0.25) is 0 Å². The number of nitrogens with zero attached hydrogens (tertiary/aromatic N) is 1. The highest BCUT2D eigenvalue weighted by molar-refractivity contribution is 7.92. The molecule has 0 aliphatic heterocycles. The van der Waals surface area contributed by atoms with Crippen molar-refractivity contribution in [1.82, 2.24) is 4.98 Å². The van der Waals surface area contributed by atoms with Crippen molar-refractivity contribution < 1.29 is 12.8 Å². The molecule has 6 heteroatoms. The predicted octanol–water partition coefficient (Wildman–Crippen LogP) is 4.07. The van der Waals surface area contributed by atoms with E-state index in [1.165, 1.54) is 0 Å². The molecule has 3 rings (SSSR count). The van der Waals surface area contributed by atoms with Crippen LogP contribution >= 0.6 is 0 Å². The Bertz CT molecular complexity index is 972. The van der Waals surface area contributed by atoms with E-state index in [4.69, 9.17) is 4.42 Å². The van der Waals surface area contributed by atoms with E-state index >= 15 is 0 Å². The first-order valence-electron chi connectivity index (χ1n) is 7.49. The van der Waals surface area contributed by atoms with E-state index in [9.17, 15) is 8.42 Å². The molecular weight excluding hydrogens is 324 g/mol. The van der Waals surface area contributed by atoms with Crippen LogP contribution < -0.4 is 4.72 Å². The molecule has 124 valence electrons. The molecule has 0 aliphatic rings. The highest BCUT2D eigenvalue weighted by atomic mass is 32.2. The Labute approximate surface area is 141 Å². The number of nitrogens with one attached hydrogen (secondary N) is 1. The second-order valence-electron chi connectivity index (χ2n) is 5.66. The second kappa shape index (κ2) is 6.13. The average Bonchev–Trinajstić information content (AvgIpc) is 2.87. The van der Waals surface area contributed by atoms with Crippen LogP contribution in [0.3, 0.4) is 0 Å². The summed E-state index contributed by atoms with van der Waals surface area (Å²) in [7, 11) is -3.64. The van der Waals surface area contributed by atoms with Crippen LogP contribution in [0, 0.1) is 20.8 Å². The molecule has 0 spiro atoms. The topological polar surface area (TPSA) is 72.2 Å². The molecule has 1 aromatic heterocycles. The van der Waals surface area contributed by atoms with Gasteiger partial charge >= 0.3 is 0 Å². The lowest BCUT2D eigenvalue weighted by Gasteiger charge is -2.09. The van der Waals surface area contributed by atoms with E-state index in [1.54, 1.807) is 36.4 Å². The summed E-state index contributed by atoms with van der Waals surface area (Å²) in [5.41, 5.74) is 2.88. The fourth-order valence-corrected chi connectivity index (χ4v) is 3.46. The van der Waals surface area contributed by atoms with Crippen molar-refractivity contribution in [2.24, 2.45) is 0 Å². The molecule has 5 nitrogen and oxygen atoms in total. The third-order valence-electron chi connectivity index (χ3n) is 3.69. The Balaban J connectivity index is 1.92. The molecule has 0 amide bonds. The summed E-state index contributed by atoms with van der Waals surface area (Å²) in [6, 6.07) is 13.8. The van der Waals surface area contributed by atoms with Gasteiger partial charge in [-0.05, 0) is 56.7 Å². The van der Waals surface area contributed by atoms with Crippen LogP contribution in [0.15, 0.2) is 57.8 Å². The van der Waals surface area contributed by atoms with Crippen molar-refractivity contribution in [3.05, 3.63) is 65.5 Å². The number of anilines is 1. The van der Waals surface area contributed by atoms with Crippen molar-refractivity contribution in [3.8, 4) is 11.5 Å². The van der Waals surface area contributed by atoms with Crippen LogP contribution in [0.25, 0.3) is 11.5 Å². The lowest BCUT2D eigenvalue weighted by molar-refractivity contribution is 0.541. The van der Waals surface area contributed by atoms with E-state index in [0.29, 0.717) is 11.6 Å². The lowest BCUT2D eigenvalue weighted by atomic mass is 10.2. The summed E-state index contributed by atoms with van der Waals surface area (Å²) in [6.45, 7) is 5.57. The molecule has 1 N–H and O–H groups in total.